The fourth-order valence-electron chi connectivity index (χ4n) is 3.12. The molecular weight excluding hydrogens is 416 g/mol. The summed E-state index contributed by atoms with van der Waals surface area (Å²) in [6.07, 6.45) is 1.67. The highest BCUT2D eigenvalue weighted by atomic mass is 32.2. The van der Waals surface area contributed by atoms with E-state index >= 15 is 0 Å². The number of nitrogens with one attached hydrogen (secondary N) is 1. The molecule has 156 valence electrons. The maximum Gasteiger partial charge on any atom is 0.337 e. The van der Waals surface area contributed by atoms with Crippen LogP contribution in [0.4, 0.5) is 5.69 Å². The fraction of sp³-hybridized carbons (Fsp3) is 0.316. The van der Waals surface area contributed by atoms with Crippen LogP contribution in [0.25, 0.3) is 0 Å². The van der Waals surface area contributed by atoms with Crippen molar-refractivity contribution < 1.29 is 26.4 Å². The van der Waals surface area contributed by atoms with Crippen LogP contribution in [0.2, 0.25) is 0 Å². The topological polar surface area (TPSA) is 110 Å². The van der Waals surface area contributed by atoms with E-state index in [0.717, 1.165) is 12.8 Å². The van der Waals surface area contributed by atoms with Gasteiger partial charge in [0.1, 0.15) is 0 Å². The Morgan fingerprint density at radius 1 is 1.00 bits per heavy atom. The van der Waals surface area contributed by atoms with Gasteiger partial charge in [0.05, 0.1) is 22.5 Å². The molecule has 0 unspecified atom stereocenters. The molecule has 1 heterocycles. The summed E-state index contributed by atoms with van der Waals surface area (Å²) in [7, 11) is -6.35. The van der Waals surface area contributed by atoms with Crippen molar-refractivity contribution in [1.82, 2.24) is 4.31 Å². The number of hydrogen-bond acceptors (Lipinski definition) is 6. The van der Waals surface area contributed by atoms with Crippen molar-refractivity contribution in [3.63, 3.8) is 0 Å². The Bertz CT molecular complexity index is 1120. The van der Waals surface area contributed by atoms with E-state index in [1.165, 1.54) is 53.9 Å². The monoisotopic (exact) mass is 438 g/mol. The SMILES string of the molecule is COC(=O)c1ccc(C)c(S(=O)(=O)Nc2ccc(S(=O)(=O)N3CCCC3)cc2)c1. The molecule has 0 aliphatic carbocycles. The fourth-order valence-corrected chi connectivity index (χ4v) is 5.96. The highest BCUT2D eigenvalue weighted by Crippen LogP contribution is 2.25. The lowest BCUT2D eigenvalue weighted by Gasteiger charge is -2.16. The first kappa shape index (κ1) is 21.3. The zero-order valence-electron chi connectivity index (χ0n) is 16.1. The molecule has 3 rings (SSSR count). The third kappa shape index (κ3) is 4.44. The number of sulfonamides is 2. The molecule has 0 atom stereocenters. The molecule has 8 nitrogen and oxygen atoms in total. The highest BCUT2D eigenvalue weighted by Gasteiger charge is 2.27. The first-order valence-electron chi connectivity index (χ1n) is 8.97. The smallest absolute Gasteiger partial charge is 0.337 e. The molecule has 1 aliphatic heterocycles. The maximum atomic E-state index is 12.8. The van der Waals surface area contributed by atoms with Gasteiger partial charge in [0.25, 0.3) is 10.0 Å². The predicted molar refractivity (Wildman–Crippen MR) is 108 cm³/mol. The van der Waals surface area contributed by atoms with Gasteiger partial charge in [0.15, 0.2) is 0 Å². The molecule has 1 N–H and O–H groups in total. The van der Waals surface area contributed by atoms with Crippen molar-refractivity contribution in [2.24, 2.45) is 0 Å². The molecule has 10 heteroatoms. The van der Waals surface area contributed by atoms with Gasteiger partial charge in [0.2, 0.25) is 10.0 Å². The van der Waals surface area contributed by atoms with Crippen molar-refractivity contribution in [1.29, 1.82) is 0 Å². The number of esters is 1. The largest absolute Gasteiger partial charge is 0.465 e. The van der Waals surface area contributed by atoms with Gasteiger partial charge in [0, 0.05) is 18.8 Å². The van der Waals surface area contributed by atoms with Crippen LogP contribution in [-0.2, 0) is 24.8 Å². The van der Waals surface area contributed by atoms with Crippen molar-refractivity contribution in [2.45, 2.75) is 29.6 Å². The number of ether oxygens (including phenoxy) is 1. The number of carbonyl (C=O) groups excluding carboxylic acids is 1. The Balaban J connectivity index is 1.85. The van der Waals surface area contributed by atoms with Crippen molar-refractivity contribution in [3.05, 3.63) is 53.6 Å². The Morgan fingerprint density at radius 2 is 1.62 bits per heavy atom. The van der Waals surface area contributed by atoms with Crippen LogP contribution in [-0.4, -0.2) is 47.3 Å². The van der Waals surface area contributed by atoms with Crippen molar-refractivity contribution >= 4 is 31.7 Å². The molecule has 0 radical (unpaired) electrons. The van der Waals surface area contributed by atoms with Crippen LogP contribution in [0, 0.1) is 6.92 Å². The Kier molecular flexibility index (Phi) is 5.97. The number of carbonyl (C=O) groups is 1. The number of aryl methyl sites for hydroxylation is 1. The van der Waals surface area contributed by atoms with Crippen molar-refractivity contribution in [2.75, 3.05) is 24.9 Å². The highest BCUT2D eigenvalue weighted by molar-refractivity contribution is 7.92. The molecule has 0 saturated carbocycles. The lowest BCUT2D eigenvalue weighted by molar-refractivity contribution is 0.0600. The second kappa shape index (κ2) is 8.13. The number of nitrogens with zero attached hydrogens (tertiary/aromatic N) is 1. The number of anilines is 1. The van der Waals surface area contributed by atoms with Crippen LogP contribution >= 0.6 is 0 Å². The minimum absolute atomic E-state index is 0.0610. The first-order valence-corrected chi connectivity index (χ1v) is 11.9. The van der Waals surface area contributed by atoms with E-state index < -0.39 is 26.0 Å². The third-order valence-corrected chi connectivity index (χ3v) is 8.14. The summed E-state index contributed by atoms with van der Waals surface area (Å²) in [6, 6.07) is 9.81. The zero-order chi connectivity index (χ0) is 21.2. The van der Waals surface area contributed by atoms with E-state index in [1.807, 2.05) is 0 Å². The van der Waals surface area contributed by atoms with Crippen molar-refractivity contribution in [3.8, 4) is 0 Å². The lowest BCUT2D eigenvalue weighted by Crippen LogP contribution is -2.27. The summed E-state index contributed by atoms with van der Waals surface area (Å²) < 4.78 is 59.2. The van der Waals surface area contributed by atoms with Gasteiger partial charge >= 0.3 is 5.97 Å². The molecule has 0 spiro atoms. The van der Waals surface area contributed by atoms with E-state index in [9.17, 15) is 21.6 Å². The minimum atomic E-state index is -3.99. The lowest BCUT2D eigenvalue weighted by atomic mass is 10.1. The van der Waals surface area contributed by atoms with Gasteiger partial charge in [-0.05, 0) is 61.7 Å². The number of benzene rings is 2. The first-order chi connectivity index (χ1) is 13.6. The Hall–Kier alpha value is -2.43. The molecule has 0 aromatic heterocycles. The summed E-state index contributed by atoms with van der Waals surface area (Å²) in [5.74, 6) is -0.641. The summed E-state index contributed by atoms with van der Waals surface area (Å²) in [5, 5.41) is 0. The summed E-state index contributed by atoms with van der Waals surface area (Å²) in [6.45, 7) is 2.60. The van der Waals surface area contributed by atoms with Gasteiger partial charge in [-0.25, -0.2) is 21.6 Å². The molecule has 0 amide bonds. The molecule has 29 heavy (non-hydrogen) atoms. The van der Waals surface area contributed by atoms with E-state index in [2.05, 4.69) is 9.46 Å². The zero-order valence-corrected chi connectivity index (χ0v) is 17.7. The molecule has 1 fully saturated rings. The molecule has 0 bridgehead atoms. The summed E-state index contributed by atoms with van der Waals surface area (Å²) in [4.78, 5) is 11.8. The molecule has 2 aromatic carbocycles. The molecular formula is C19H22N2O6S2. The van der Waals surface area contributed by atoms with E-state index in [-0.39, 0.29) is 21.0 Å². The van der Waals surface area contributed by atoms with Gasteiger partial charge in [-0.2, -0.15) is 4.31 Å². The standard InChI is InChI=1S/C19H22N2O6S2/c1-14-5-6-15(19(22)27-2)13-18(14)28(23,24)20-16-7-9-17(10-8-16)29(25,26)21-11-3-4-12-21/h5-10,13,20H,3-4,11-12H2,1-2H3. The van der Waals surface area contributed by atoms with Crippen LogP contribution in [0.3, 0.4) is 0 Å². The quantitative estimate of drug-likeness (QED) is 0.694. The summed E-state index contributed by atoms with van der Waals surface area (Å²) in [5.41, 5.74) is 0.789. The molecule has 1 aliphatic rings. The van der Waals surface area contributed by atoms with Gasteiger partial charge < -0.3 is 4.74 Å². The van der Waals surface area contributed by atoms with Gasteiger partial charge in [-0.3, -0.25) is 4.72 Å². The van der Waals surface area contributed by atoms with E-state index in [0.29, 0.717) is 18.7 Å². The average molecular weight is 439 g/mol. The number of rotatable bonds is 6. The van der Waals surface area contributed by atoms with Crippen LogP contribution in [0.1, 0.15) is 28.8 Å². The van der Waals surface area contributed by atoms with Crippen LogP contribution in [0.15, 0.2) is 52.3 Å². The second-order valence-electron chi connectivity index (χ2n) is 6.71. The molecule has 2 aromatic rings. The molecule has 1 saturated heterocycles. The second-order valence-corrected chi connectivity index (χ2v) is 10.3. The Morgan fingerprint density at radius 3 is 2.21 bits per heavy atom. The third-order valence-electron chi connectivity index (χ3n) is 4.71. The Labute approximate surface area is 170 Å². The van der Waals surface area contributed by atoms with E-state index in [1.54, 1.807) is 6.92 Å². The number of hydrogen-bond donors (Lipinski definition) is 1. The van der Waals surface area contributed by atoms with Crippen LogP contribution in [0.5, 0.6) is 0 Å². The minimum Gasteiger partial charge on any atom is -0.465 e. The average Bonchev–Trinajstić information content (AvgIpc) is 3.23. The van der Waals surface area contributed by atoms with Crippen LogP contribution < -0.4 is 4.72 Å². The van der Waals surface area contributed by atoms with Gasteiger partial charge in [-0.1, -0.05) is 6.07 Å². The maximum absolute atomic E-state index is 12.8. The normalized spacial score (nSPS) is 15.2. The predicted octanol–water partition coefficient (Wildman–Crippen LogP) is 2.37. The van der Waals surface area contributed by atoms with E-state index in [4.69, 9.17) is 0 Å². The number of methoxy groups -OCH3 is 1. The van der Waals surface area contributed by atoms with Gasteiger partial charge in [-0.15, -0.1) is 0 Å². The summed E-state index contributed by atoms with van der Waals surface area (Å²) >= 11 is 0.